The highest BCUT2D eigenvalue weighted by Crippen LogP contribution is 2.15. The van der Waals surface area contributed by atoms with Gasteiger partial charge in [0.05, 0.1) is 12.1 Å². The lowest BCUT2D eigenvalue weighted by atomic mass is 10.1. The van der Waals surface area contributed by atoms with Crippen LogP contribution in [0.2, 0.25) is 0 Å². The topological polar surface area (TPSA) is 55.5 Å². The van der Waals surface area contributed by atoms with Crippen LogP contribution in [0.25, 0.3) is 11.1 Å². The number of fused-ring (bicyclic) bond motifs is 1. The minimum absolute atomic E-state index is 0.0317. The molecule has 0 saturated carbocycles. The van der Waals surface area contributed by atoms with E-state index in [4.69, 9.17) is 4.42 Å². The minimum atomic E-state index is -0.506. The Hall–Kier alpha value is -3.12. The van der Waals surface area contributed by atoms with Crippen molar-refractivity contribution >= 4 is 28.3 Å². The number of para-hydroxylation sites is 2. The first-order chi connectivity index (χ1) is 13.7. The van der Waals surface area contributed by atoms with Gasteiger partial charge in [-0.2, -0.15) is 0 Å². The fourth-order valence-corrected chi connectivity index (χ4v) is 3.91. The molecule has 0 aliphatic rings. The molecule has 0 atom stereocenters. The van der Waals surface area contributed by atoms with Crippen LogP contribution in [0.4, 0.5) is 0 Å². The van der Waals surface area contributed by atoms with Crippen LogP contribution >= 0.6 is 11.3 Å². The molecule has 0 saturated heterocycles. The van der Waals surface area contributed by atoms with Gasteiger partial charge in [-0.25, -0.2) is 4.79 Å². The van der Waals surface area contributed by atoms with Crippen molar-refractivity contribution in [3.8, 4) is 0 Å². The van der Waals surface area contributed by atoms with Gasteiger partial charge in [-0.1, -0.05) is 48.5 Å². The molecule has 6 heteroatoms. The summed E-state index contributed by atoms with van der Waals surface area (Å²) in [6.45, 7) is 1.09. The van der Waals surface area contributed by atoms with Gasteiger partial charge in [0.2, 0.25) is 5.91 Å². The number of carbonyl (C=O) groups is 1. The van der Waals surface area contributed by atoms with Crippen LogP contribution in [0.1, 0.15) is 10.4 Å². The van der Waals surface area contributed by atoms with E-state index < -0.39 is 5.76 Å². The second-order valence-corrected chi connectivity index (χ2v) is 7.58. The third-order valence-corrected chi connectivity index (χ3v) is 5.52. The molecule has 4 rings (SSSR count). The van der Waals surface area contributed by atoms with Gasteiger partial charge in [0.15, 0.2) is 5.58 Å². The Morgan fingerprint density at radius 2 is 1.79 bits per heavy atom. The SMILES string of the molecule is O=C(Cn1c(=O)oc2ccccc21)N(CCc1ccccc1)Cc1cccs1. The number of oxazole rings is 1. The number of nitrogens with zero attached hydrogens (tertiary/aromatic N) is 2. The minimum Gasteiger partial charge on any atom is -0.408 e. The monoisotopic (exact) mass is 392 g/mol. The molecule has 2 aromatic heterocycles. The summed E-state index contributed by atoms with van der Waals surface area (Å²) < 4.78 is 6.66. The summed E-state index contributed by atoms with van der Waals surface area (Å²) in [7, 11) is 0. The van der Waals surface area contributed by atoms with Crippen LogP contribution in [0.15, 0.2) is 81.3 Å². The third kappa shape index (κ3) is 4.07. The van der Waals surface area contributed by atoms with Gasteiger partial charge in [0.25, 0.3) is 0 Å². The zero-order chi connectivity index (χ0) is 19.3. The smallest absolute Gasteiger partial charge is 0.408 e. The fourth-order valence-electron chi connectivity index (χ4n) is 3.19. The van der Waals surface area contributed by atoms with E-state index in [9.17, 15) is 9.59 Å². The summed E-state index contributed by atoms with van der Waals surface area (Å²) in [5.41, 5.74) is 2.31. The maximum Gasteiger partial charge on any atom is 0.420 e. The number of rotatable bonds is 7. The summed E-state index contributed by atoms with van der Waals surface area (Å²) in [5, 5.41) is 2.00. The number of thiophene rings is 1. The molecular formula is C22H20N2O3S. The van der Waals surface area contributed by atoms with Crippen molar-refractivity contribution in [2.24, 2.45) is 0 Å². The van der Waals surface area contributed by atoms with E-state index in [-0.39, 0.29) is 12.5 Å². The van der Waals surface area contributed by atoms with E-state index in [1.54, 1.807) is 29.5 Å². The highest BCUT2D eigenvalue weighted by Gasteiger charge is 2.18. The molecule has 28 heavy (non-hydrogen) atoms. The Morgan fingerprint density at radius 3 is 2.57 bits per heavy atom. The molecule has 0 bridgehead atoms. The maximum absolute atomic E-state index is 13.1. The highest BCUT2D eigenvalue weighted by molar-refractivity contribution is 7.09. The molecule has 0 N–H and O–H groups in total. The van der Waals surface area contributed by atoms with Gasteiger partial charge in [-0.15, -0.1) is 11.3 Å². The van der Waals surface area contributed by atoms with Crippen molar-refractivity contribution in [3.63, 3.8) is 0 Å². The van der Waals surface area contributed by atoms with E-state index in [0.29, 0.717) is 24.2 Å². The van der Waals surface area contributed by atoms with E-state index in [0.717, 1.165) is 11.3 Å². The second kappa shape index (κ2) is 8.27. The number of amides is 1. The molecule has 0 unspecified atom stereocenters. The van der Waals surface area contributed by atoms with Gasteiger partial charge in [-0.05, 0) is 35.6 Å². The summed E-state index contributed by atoms with van der Waals surface area (Å²) in [6.07, 6.45) is 0.763. The lowest BCUT2D eigenvalue weighted by Gasteiger charge is -2.22. The van der Waals surface area contributed by atoms with Gasteiger partial charge >= 0.3 is 5.76 Å². The summed E-state index contributed by atoms with van der Waals surface area (Å²) in [4.78, 5) is 28.2. The zero-order valence-corrected chi connectivity index (χ0v) is 16.1. The normalized spacial score (nSPS) is 11.0. The predicted molar refractivity (Wildman–Crippen MR) is 110 cm³/mol. The molecule has 0 radical (unpaired) electrons. The maximum atomic E-state index is 13.1. The van der Waals surface area contributed by atoms with E-state index in [1.807, 2.05) is 46.7 Å². The van der Waals surface area contributed by atoms with Crippen molar-refractivity contribution < 1.29 is 9.21 Å². The first-order valence-electron chi connectivity index (χ1n) is 9.13. The number of hydrogen-bond donors (Lipinski definition) is 0. The first kappa shape index (κ1) is 18.3. The van der Waals surface area contributed by atoms with Gasteiger partial charge in [-0.3, -0.25) is 9.36 Å². The fraction of sp³-hybridized carbons (Fsp3) is 0.182. The molecule has 142 valence electrons. The summed E-state index contributed by atoms with van der Waals surface area (Å²) >= 11 is 1.62. The Morgan fingerprint density at radius 1 is 1.00 bits per heavy atom. The van der Waals surface area contributed by atoms with Crippen molar-refractivity contribution in [2.45, 2.75) is 19.5 Å². The van der Waals surface area contributed by atoms with Gasteiger partial charge in [0.1, 0.15) is 6.54 Å². The Labute approximate surface area is 166 Å². The largest absolute Gasteiger partial charge is 0.420 e. The van der Waals surface area contributed by atoms with Crippen LogP contribution in [0, 0.1) is 0 Å². The highest BCUT2D eigenvalue weighted by atomic mass is 32.1. The third-order valence-electron chi connectivity index (χ3n) is 4.66. The molecule has 2 aromatic carbocycles. The molecule has 0 spiro atoms. The average Bonchev–Trinajstić information content (AvgIpc) is 3.34. The van der Waals surface area contributed by atoms with Crippen molar-refractivity contribution in [3.05, 3.63) is 93.1 Å². The van der Waals surface area contributed by atoms with Crippen LogP contribution in [-0.4, -0.2) is 21.9 Å². The molecule has 0 fully saturated rings. The first-order valence-corrected chi connectivity index (χ1v) is 10.0. The quantitative estimate of drug-likeness (QED) is 0.479. The molecule has 0 aliphatic heterocycles. The van der Waals surface area contributed by atoms with Crippen molar-refractivity contribution in [2.75, 3.05) is 6.54 Å². The molecule has 4 aromatic rings. The second-order valence-electron chi connectivity index (χ2n) is 6.55. The van der Waals surface area contributed by atoms with Crippen molar-refractivity contribution in [1.29, 1.82) is 0 Å². The zero-order valence-electron chi connectivity index (χ0n) is 15.3. The Bertz CT molecular complexity index is 1110. The number of carbonyl (C=O) groups excluding carboxylic acids is 1. The van der Waals surface area contributed by atoms with E-state index in [1.165, 1.54) is 10.1 Å². The number of hydrogen-bond acceptors (Lipinski definition) is 4. The van der Waals surface area contributed by atoms with E-state index in [2.05, 4.69) is 12.1 Å². The lowest BCUT2D eigenvalue weighted by molar-refractivity contribution is -0.132. The summed E-state index contributed by atoms with van der Waals surface area (Å²) in [6, 6.07) is 21.3. The summed E-state index contributed by atoms with van der Waals surface area (Å²) in [5.74, 6) is -0.605. The molecule has 1 amide bonds. The number of benzene rings is 2. The van der Waals surface area contributed by atoms with Crippen LogP contribution < -0.4 is 5.76 Å². The molecule has 0 aliphatic carbocycles. The standard InChI is InChI=1S/C22H20N2O3S/c25-21(16-24-19-10-4-5-11-20(19)27-22(24)26)23(15-18-9-6-14-28-18)13-12-17-7-2-1-3-8-17/h1-11,14H,12-13,15-16H2. The lowest BCUT2D eigenvalue weighted by Crippen LogP contribution is -2.36. The predicted octanol–water partition coefficient (Wildman–Crippen LogP) is 3.93. The number of aromatic nitrogens is 1. The van der Waals surface area contributed by atoms with E-state index >= 15 is 0 Å². The van der Waals surface area contributed by atoms with Gasteiger partial charge in [0, 0.05) is 11.4 Å². The van der Waals surface area contributed by atoms with Crippen LogP contribution in [0.3, 0.4) is 0 Å². The van der Waals surface area contributed by atoms with Crippen LogP contribution in [-0.2, 0) is 24.3 Å². The average molecular weight is 392 g/mol. The molecular weight excluding hydrogens is 372 g/mol. The van der Waals surface area contributed by atoms with Crippen LogP contribution in [0.5, 0.6) is 0 Å². The molecule has 5 nitrogen and oxygen atoms in total. The Balaban J connectivity index is 1.55. The van der Waals surface area contributed by atoms with Crippen molar-refractivity contribution in [1.82, 2.24) is 9.47 Å². The Kier molecular flexibility index (Phi) is 5.39. The molecule has 2 heterocycles. The van der Waals surface area contributed by atoms with Gasteiger partial charge < -0.3 is 9.32 Å².